The third-order valence-corrected chi connectivity index (χ3v) is 5.53. The normalized spacial score (nSPS) is 15.8. The molecule has 0 amide bonds. The van der Waals surface area contributed by atoms with Crippen molar-refractivity contribution in [3.63, 3.8) is 0 Å². The Balaban J connectivity index is 6.64. The highest BCUT2D eigenvalue weighted by Crippen LogP contribution is 2.65. The number of rotatable bonds is 20. The Labute approximate surface area is 239 Å². The fraction of sp³-hybridized carbons (Fsp3) is 0.950. The van der Waals surface area contributed by atoms with Crippen LogP contribution < -0.4 is 11.1 Å². The number of ether oxygens (including phenoxy) is 3. The largest absolute Gasteiger partial charge is 0.466 e. The van der Waals surface area contributed by atoms with Crippen LogP contribution >= 0.6 is 0 Å². The predicted molar refractivity (Wildman–Crippen MR) is 109 cm³/mol. The monoisotopic (exact) mass is 716 g/mol. The van der Waals surface area contributed by atoms with Crippen LogP contribution in [-0.2, 0) is 19.0 Å². The van der Waals surface area contributed by atoms with Gasteiger partial charge in [0.2, 0.25) is 0 Å². The quantitative estimate of drug-likeness (QED) is 0.0981. The molecule has 0 radical (unpaired) electrons. The topological polar surface area (TPSA) is 82.8 Å². The molecule has 0 aromatic rings. The van der Waals surface area contributed by atoms with Gasteiger partial charge in [-0.3, -0.25) is 4.79 Å². The highest BCUT2D eigenvalue weighted by atomic mass is 19.4. The summed E-state index contributed by atoms with van der Waals surface area (Å²) in [6.45, 7) is -2.30. The second kappa shape index (κ2) is 14.4. The molecular formula is C20H23F19N2O4. The molecule has 6 nitrogen and oxygen atoms in total. The van der Waals surface area contributed by atoms with Crippen molar-refractivity contribution in [3.8, 4) is 0 Å². The van der Waals surface area contributed by atoms with E-state index in [0.29, 0.717) is 0 Å². The summed E-state index contributed by atoms with van der Waals surface area (Å²) in [4.78, 5) is 11.6. The number of hydrogen-bond acceptors (Lipinski definition) is 6. The van der Waals surface area contributed by atoms with Crippen LogP contribution in [0.2, 0.25) is 0 Å². The van der Waals surface area contributed by atoms with Crippen molar-refractivity contribution in [1.82, 2.24) is 5.32 Å². The molecular weight excluding hydrogens is 693 g/mol. The highest BCUT2D eigenvalue weighted by molar-refractivity contribution is 5.70. The number of esters is 1. The van der Waals surface area contributed by atoms with E-state index in [0.717, 1.165) is 6.92 Å². The molecule has 0 spiro atoms. The number of hydrogen-bond donors (Lipinski definition) is 2. The van der Waals surface area contributed by atoms with Crippen LogP contribution in [0.1, 0.15) is 13.3 Å². The van der Waals surface area contributed by atoms with E-state index in [-0.39, 0.29) is 26.4 Å². The molecule has 0 aliphatic rings. The lowest BCUT2D eigenvalue weighted by atomic mass is 9.85. The highest BCUT2D eigenvalue weighted by Gasteiger charge is 2.96. The molecule has 0 saturated carbocycles. The minimum atomic E-state index is -9.04. The average molecular weight is 716 g/mol. The van der Waals surface area contributed by atoms with Gasteiger partial charge in [0.1, 0.15) is 0 Å². The maximum Gasteiger partial charge on any atom is 0.460 e. The van der Waals surface area contributed by atoms with Crippen molar-refractivity contribution in [1.29, 1.82) is 0 Å². The second-order valence-electron chi connectivity index (χ2n) is 8.67. The molecule has 0 bridgehead atoms. The third-order valence-electron chi connectivity index (χ3n) is 5.53. The third kappa shape index (κ3) is 7.76. The molecule has 45 heavy (non-hydrogen) atoms. The zero-order valence-corrected chi connectivity index (χ0v) is 22.1. The van der Waals surface area contributed by atoms with Crippen LogP contribution in [0.4, 0.5) is 83.4 Å². The number of carbonyl (C=O) groups excluding carboxylic acids is 1. The fourth-order valence-electron chi connectivity index (χ4n) is 3.02. The lowest BCUT2D eigenvalue weighted by molar-refractivity contribution is -0.469. The van der Waals surface area contributed by atoms with Gasteiger partial charge in [0.15, 0.2) is 0 Å². The number of alkyl halides is 19. The molecule has 0 aliphatic heterocycles. The Hall–Kier alpha value is -2.02. The molecule has 0 heterocycles. The van der Waals surface area contributed by atoms with Gasteiger partial charge in [0, 0.05) is 13.1 Å². The van der Waals surface area contributed by atoms with Crippen LogP contribution in [0, 0.1) is 0 Å². The van der Waals surface area contributed by atoms with Gasteiger partial charge >= 0.3 is 59.5 Å². The molecule has 25 heteroatoms. The Kier molecular flexibility index (Phi) is 13.7. The van der Waals surface area contributed by atoms with Gasteiger partial charge in [-0.15, -0.1) is 0 Å². The molecule has 270 valence electrons. The van der Waals surface area contributed by atoms with Crippen molar-refractivity contribution in [2.24, 2.45) is 5.73 Å². The Bertz CT molecular complexity index is 959. The molecule has 1 atom stereocenters. The number of halogens is 19. The van der Waals surface area contributed by atoms with E-state index in [4.69, 9.17) is 15.2 Å². The van der Waals surface area contributed by atoms with Gasteiger partial charge in [-0.05, 0) is 6.92 Å². The van der Waals surface area contributed by atoms with Crippen LogP contribution in [0.25, 0.3) is 0 Å². The Morgan fingerprint density at radius 3 is 1.36 bits per heavy atom. The van der Waals surface area contributed by atoms with E-state index in [9.17, 15) is 88.2 Å². The van der Waals surface area contributed by atoms with Gasteiger partial charge in [-0.1, -0.05) is 0 Å². The lowest BCUT2D eigenvalue weighted by Crippen LogP contribution is -2.76. The molecule has 0 aromatic heterocycles. The van der Waals surface area contributed by atoms with Crippen molar-refractivity contribution >= 4 is 5.97 Å². The molecule has 3 N–H and O–H groups in total. The molecule has 0 saturated heterocycles. The second-order valence-corrected chi connectivity index (χ2v) is 8.67. The number of nitrogens with two attached hydrogens (primary N) is 1. The molecule has 0 aromatic carbocycles. The van der Waals surface area contributed by atoms with E-state index in [1.165, 1.54) is 5.32 Å². The summed E-state index contributed by atoms with van der Waals surface area (Å²) in [6, 6.07) is -3.85. The van der Waals surface area contributed by atoms with Crippen LogP contribution in [-0.4, -0.2) is 112 Å². The maximum atomic E-state index is 14.7. The molecule has 0 fully saturated rings. The first-order valence-electron chi connectivity index (χ1n) is 11.8. The standard InChI is InChI=1S/C20H23F19N2O4/c1-2-45-11(42)9-10(41-4-6-44-8-7-43-5-3-40)12(21,22)13(23,24)14(25,26)15(27,28)16(29,30)17(31,32)18(33,34)19(35,36)20(37,38)39/h10,41H,2-9,40H2,1H3. The van der Waals surface area contributed by atoms with Gasteiger partial charge in [0.05, 0.1) is 45.5 Å². The van der Waals surface area contributed by atoms with Gasteiger partial charge < -0.3 is 25.3 Å². The number of carbonyl (C=O) groups is 1. The smallest absolute Gasteiger partial charge is 0.460 e. The zero-order valence-electron chi connectivity index (χ0n) is 22.1. The summed E-state index contributed by atoms with van der Waals surface area (Å²) in [7, 11) is 0. The first-order valence-corrected chi connectivity index (χ1v) is 11.8. The SMILES string of the molecule is CCOC(=O)CC(NCCOCCOCCN)C(F)(F)C(F)(F)C(F)(F)C(F)(F)C(F)(F)C(F)(F)C(F)(F)C(F)(F)C(F)(F)F. The van der Waals surface area contributed by atoms with Crippen LogP contribution in [0.3, 0.4) is 0 Å². The summed E-state index contributed by atoms with van der Waals surface area (Å²) in [5.41, 5.74) is 5.09. The molecule has 0 rings (SSSR count). The van der Waals surface area contributed by atoms with E-state index in [1.807, 2.05) is 0 Å². The minimum absolute atomic E-state index is 0.00322. The summed E-state index contributed by atoms with van der Waals surface area (Å²) in [6.07, 6.45) is -10.1. The van der Waals surface area contributed by atoms with Gasteiger partial charge in [-0.2, -0.15) is 83.4 Å². The van der Waals surface area contributed by atoms with Crippen molar-refractivity contribution in [3.05, 3.63) is 0 Å². The summed E-state index contributed by atoms with van der Waals surface area (Å²) in [5.74, 6) is -69.8. The van der Waals surface area contributed by atoms with E-state index < -0.39 is 91.7 Å². The van der Waals surface area contributed by atoms with Crippen LogP contribution in [0.15, 0.2) is 0 Å². The average Bonchev–Trinajstić information content (AvgIpc) is 2.88. The van der Waals surface area contributed by atoms with Crippen molar-refractivity contribution in [2.45, 2.75) is 72.9 Å². The van der Waals surface area contributed by atoms with Gasteiger partial charge in [0.25, 0.3) is 0 Å². The lowest BCUT2D eigenvalue weighted by Gasteiger charge is -2.44. The Morgan fingerprint density at radius 2 is 0.978 bits per heavy atom. The maximum absolute atomic E-state index is 14.7. The summed E-state index contributed by atoms with van der Waals surface area (Å²) >= 11 is 0. The van der Waals surface area contributed by atoms with Crippen LogP contribution in [0.5, 0.6) is 0 Å². The van der Waals surface area contributed by atoms with Gasteiger partial charge in [-0.25, -0.2) is 0 Å². The van der Waals surface area contributed by atoms with Crippen molar-refractivity contribution in [2.75, 3.05) is 46.1 Å². The first-order chi connectivity index (χ1) is 19.9. The Morgan fingerprint density at radius 1 is 0.600 bits per heavy atom. The fourth-order valence-corrected chi connectivity index (χ4v) is 3.02. The summed E-state index contributed by atoms with van der Waals surface area (Å²) < 4.78 is 272. The number of nitrogens with one attached hydrogen (secondary N) is 1. The minimum Gasteiger partial charge on any atom is -0.466 e. The van der Waals surface area contributed by atoms with Crippen molar-refractivity contribution < 1.29 is 102 Å². The van der Waals surface area contributed by atoms with E-state index >= 15 is 0 Å². The van der Waals surface area contributed by atoms with E-state index in [2.05, 4.69) is 4.74 Å². The first kappa shape index (κ1) is 43.0. The molecule has 0 aliphatic carbocycles. The van der Waals surface area contributed by atoms with E-state index in [1.54, 1.807) is 0 Å². The molecule has 1 unspecified atom stereocenters. The predicted octanol–water partition coefficient (Wildman–Crippen LogP) is 5.53. The summed E-state index contributed by atoms with van der Waals surface area (Å²) in [5, 5.41) is 1.24. The zero-order chi connectivity index (χ0) is 36.1.